The summed E-state index contributed by atoms with van der Waals surface area (Å²) in [4.78, 5) is 0. The third kappa shape index (κ3) is 9.34. The first-order chi connectivity index (χ1) is 9.39. The Hall–Kier alpha value is -0.580. The van der Waals surface area contributed by atoms with E-state index >= 15 is 0 Å². The zero-order valence-electron chi connectivity index (χ0n) is 13.9. The average molecular weight is 288 g/mol. The molecule has 120 valence electrons. The van der Waals surface area contributed by atoms with Crippen LogP contribution in [0.5, 0.6) is 0 Å². The molecule has 0 saturated heterocycles. The summed E-state index contributed by atoms with van der Waals surface area (Å²) >= 11 is 0. The van der Waals surface area contributed by atoms with Crippen LogP contribution in [0.25, 0.3) is 0 Å². The highest BCUT2D eigenvalue weighted by Gasteiger charge is 2.33. The van der Waals surface area contributed by atoms with Gasteiger partial charge in [-0.25, -0.2) is 0 Å². The van der Waals surface area contributed by atoms with Crippen molar-refractivity contribution >= 4 is 0 Å². The first kappa shape index (κ1) is 19.4. The van der Waals surface area contributed by atoms with Gasteiger partial charge in [-0.1, -0.05) is 27.4 Å². The smallest absolute Gasteiger partial charge is 0.0995 e. The predicted molar refractivity (Wildman–Crippen MR) is 81.8 cm³/mol. The van der Waals surface area contributed by atoms with Gasteiger partial charge in [0.25, 0.3) is 0 Å². The van der Waals surface area contributed by atoms with Gasteiger partial charge in [0.1, 0.15) is 0 Å². The molecule has 0 fully saturated rings. The number of ether oxygens (including phenoxy) is 4. The summed E-state index contributed by atoms with van der Waals surface area (Å²) in [7, 11) is 0. The minimum Gasteiger partial charge on any atom is -0.501 e. The maximum Gasteiger partial charge on any atom is 0.0995 e. The lowest BCUT2D eigenvalue weighted by Gasteiger charge is -2.33. The molecule has 0 aliphatic rings. The van der Waals surface area contributed by atoms with E-state index in [1.807, 2.05) is 13.8 Å². The molecular weight excluding hydrogens is 256 g/mol. The Morgan fingerprint density at radius 3 is 1.70 bits per heavy atom. The molecule has 0 saturated carbocycles. The average Bonchev–Trinajstić information content (AvgIpc) is 2.38. The predicted octanol–water partition coefficient (Wildman–Crippen LogP) is 3.27. The van der Waals surface area contributed by atoms with Crippen LogP contribution < -0.4 is 0 Å². The van der Waals surface area contributed by atoms with Crippen molar-refractivity contribution in [3.8, 4) is 0 Å². The van der Waals surface area contributed by atoms with Gasteiger partial charge >= 0.3 is 0 Å². The molecule has 0 amide bonds. The molecule has 0 rings (SSSR count). The molecule has 0 aromatic heterocycles. The monoisotopic (exact) mass is 288 g/mol. The summed E-state index contributed by atoms with van der Waals surface area (Å²) in [6, 6.07) is 0. The lowest BCUT2D eigenvalue weighted by Crippen LogP contribution is -2.42. The van der Waals surface area contributed by atoms with Crippen molar-refractivity contribution in [1.82, 2.24) is 0 Å². The van der Waals surface area contributed by atoms with E-state index < -0.39 is 0 Å². The zero-order chi connectivity index (χ0) is 15.5. The minimum atomic E-state index is -0.286. The minimum absolute atomic E-state index is 0.141. The quantitative estimate of drug-likeness (QED) is 0.517. The van der Waals surface area contributed by atoms with E-state index in [2.05, 4.69) is 27.4 Å². The largest absolute Gasteiger partial charge is 0.501 e. The SMILES string of the molecule is C=COCC(COCC)(COCC)COCC(C)(C)C. The Morgan fingerprint density at radius 2 is 1.30 bits per heavy atom. The van der Waals surface area contributed by atoms with Gasteiger partial charge in [-0.05, 0) is 19.3 Å². The van der Waals surface area contributed by atoms with Crippen molar-refractivity contribution in [2.24, 2.45) is 10.8 Å². The van der Waals surface area contributed by atoms with Crippen molar-refractivity contribution in [1.29, 1.82) is 0 Å². The molecule has 0 N–H and O–H groups in total. The number of hydrogen-bond acceptors (Lipinski definition) is 4. The van der Waals surface area contributed by atoms with Gasteiger partial charge in [0.2, 0.25) is 0 Å². The van der Waals surface area contributed by atoms with E-state index in [0.717, 1.165) is 0 Å². The molecule has 0 spiro atoms. The summed E-state index contributed by atoms with van der Waals surface area (Å²) in [5.74, 6) is 0. The van der Waals surface area contributed by atoms with Crippen molar-refractivity contribution in [2.45, 2.75) is 34.6 Å². The van der Waals surface area contributed by atoms with Crippen LogP contribution in [0.15, 0.2) is 12.8 Å². The van der Waals surface area contributed by atoms with Gasteiger partial charge in [-0.2, -0.15) is 0 Å². The lowest BCUT2D eigenvalue weighted by molar-refractivity contribution is -0.0994. The van der Waals surface area contributed by atoms with E-state index in [4.69, 9.17) is 18.9 Å². The zero-order valence-corrected chi connectivity index (χ0v) is 13.9. The Balaban J connectivity index is 4.61. The second-order valence-electron chi connectivity index (χ2n) is 6.31. The van der Waals surface area contributed by atoms with Crippen molar-refractivity contribution in [3.05, 3.63) is 12.8 Å². The molecule has 0 unspecified atom stereocenters. The van der Waals surface area contributed by atoms with E-state index in [1.165, 1.54) is 6.26 Å². The molecule has 0 aliphatic heterocycles. The second-order valence-corrected chi connectivity index (χ2v) is 6.31. The van der Waals surface area contributed by atoms with Gasteiger partial charge in [0, 0.05) is 13.2 Å². The highest BCUT2D eigenvalue weighted by atomic mass is 16.5. The van der Waals surface area contributed by atoms with Crippen LogP contribution in [0.1, 0.15) is 34.6 Å². The fraction of sp³-hybridized carbons (Fsp3) is 0.875. The first-order valence-corrected chi connectivity index (χ1v) is 7.35. The van der Waals surface area contributed by atoms with Crippen LogP contribution in [0.2, 0.25) is 0 Å². The standard InChI is InChI=1S/C16H32O4/c1-7-17-11-16(12-18-8-2,13-19-9-3)14-20-10-15(4,5)6/h7H,1,8-14H2,2-6H3. The molecule has 4 nitrogen and oxygen atoms in total. The Kier molecular flexibility index (Phi) is 9.90. The Labute approximate surface area is 124 Å². The number of hydrogen-bond donors (Lipinski definition) is 0. The third-order valence-electron chi connectivity index (χ3n) is 2.68. The summed E-state index contributed by atoms with van der Waals surface area (Å²) in [6.45, 7) is 18.2. The molecule has 0 aromatic carbocycles. The van der Waals surface area contributed by atoms with Crippen molar-refractivity contribution in [2.75, 3.05) is 46.2 Å². The summed E-state index contributed by atoms with van der Waals surface area (Å²) < 4.78 is 22.5. The van der Waals surface area contributed by atoms with Crippen LogP contribution >= 0.6 is 0 Å². The molecule has 0 aliphatic carbocycles. The molecule has 0 aromatic rings. The highest BCUT2D eigenvalue weighted by Crippen LogP contribution is 2.22. The maximum absolute atomic E-state index is 5.88. The van der Waals surface area contributed by atoms with E-state index in [9.17, 15) is 0 Å². The van der Waals surface area contributed by atoms with Crippen LogP contribution in [0.3, 0.4) is 0 Å². The molecule has 0 atom stereocenters. The summed E-state index contributed by atoms with van der Waals surface area (Å²) in [5, 5.41) is 0. The van der Waals surface area contributed by atoms with Crippen LogP contribution in [0.4, 0.5) is 0 Å². The fourth-order valence-corrected chi connectivity index (χ4v) is 1.70. The third-order valence-corrected chi connectivity index (χ3v) is 2.68. The van der Waals surface area contributed by atoms with Crippen LogP contribution in [-0.4, -0.2) is 46.2 Å². The number of rotatable bonds is 12. The van der Waals surface area contributed by atoms with Gasteiger partial charge < -0.3 is 18.9 Å². The Morgan fingerprint density at radius 1 is 0.800 bits per heavy atom. The maximum atomic E-state index is 5.88. The molecule has 0 radical (unpaired) electrons. The molecule has 0 bridgehead atoms. The van der Waals surface area contributed by atoms with Gasteiger partial charge in [0.15, 0.2) is 0 Å². The van der Waals surface area contributed by atoms with Crippen molar-refractivity contribution < 1.29 is 18.9 Å². The summed E-state index contributed by atoms with van der Waals surface area (Å²) in [5.41, 5.74) is -0.145. The van der Waals surface area contributed by atoms with E-state index in [1.54, 1.807) is 0 Å². The lowest BCUT2D eigenvalue weighted by atomic mass is 9.91. The van der Waals surface area contributed by atoms with E-state index in [-0.39, 0.29) is 10.8 Å². The van der Waals surface area contributed by atoms with Gasteiger partial charge in [-0.3, -0.25) is 0 Å². The van der Waals surface area contributed by atoms with Gasteiger partial charge in [-0.15, -0.1) is 0 Å². The molecular formula is C16H32O4. The Bertz CT molecular complexity index is 237. The van der Waals surface area contributed by atoms with Gasteiger partial charge in [0.05, 0.1) is 44.7 Å². The molecule has 20 heavy (non-hydrogen) atoms. The molecule has 0 heterocycles. The second kappa shape index (κ2) is 10.2. The molecule has 4 heteroatoms. The van der Waals surface area contributed by atoms with Crippen LogP contribution in [-0.2, 0) is 18.9 Å². The topological polar surface area (TPSA) is 36.9 Å². The summed E-state index contributed by atoms with van der Waals surface area (Å²) in [6.07, 6.45) is 1.45. The fourth-order valence-electron chi connectivity index (χ4n) is 1.70. The highest BCUT2D eigenvalue weighted by molar-refractivity contribution is 4.80. The normalized spacial score (nSPS) is 12.4. The van der Waals surface area contributed by atoms with Crippen LogP contribution in [0, 0.1) is 10.8 Å². The van der Waals surface area contributed by atoms with E-state index in [0.29, 0.717) is 46.2 Å². The van der Waals surface area contributed by atoms with Crippen molar-refractivity contribution in [3.63, 3.8) is 0 Å². The first-order valence-electron chi connectivity index (χ1n) is 7.35.